The summed E-state index contributed by atoms with van der Waals surface area (Å²) in [6, 6.07) is 7.83. The summed E-state index contributed by atoms with van der Waals surface area (Å²) >= 11 is 0. The Bertz CT molecular complexity index is 1290. The van der Waals surface area contributed by atoms with Crippen LogP contribution in [0.2, 0.25) is 0 Å². The van der Waals surface area contributed by atoms with E-state index in [-0.39, 0.29) is 5.91 Å². The molecule has 5 heterocycles. The fraction of sp³-hybridized carbons (Fsp3) is 0.304. The van der Waals surface area contributed by atoms with Crippen molar-refractivity contribution in [1.82, 2.24) is 24.7 Å². The number of hydrogen-bond acceptors (Lipinski definition) is 6. The van der Waals surface area contributed by atoms with Gasteiger partial charge in [-0.1, -0.05) is 0 Å². The van der Waals surface area contributed by atoms with Crippen LogP contribution in [0.1, 0.15) is 24.6 Å². The van der Waals surface area contributed by atoms with Gasteiger partial charge in [-0.15, -0.1) is 0 Å². The number of hydrogen-bond donors (Lipinski definition) is 2. The SMILES string of the molecule is COC1(c2cc(C)cc(-n3cc(-c4ccn[nH]4)c4cnc(NC(C)=O)cc43)n2)CCOC1. The number of ether oxygens (including phenoxy) is 2. The number of H-pyrrole nitrogens is 1. The molecule has 4 aromatic rings. The molecule has 0 saturated carbocycles. The third-order valence-electron chi connectivity index (χ3n) is 5.83. The van der Waals surface area contributed by atoms with Crippen molar-refractivity contribution in [3.63, 3.8) is 0 Å². The number of carbonyl (C=O) groups excluding carboxylic acids is 1. The van der Waals surface area contributed by atoms with Crippen molar-refractivity contribution in [3.8, 4) is 17.1 Å². The minimum atomic E-state index is -0.557. The Labute approximate surface area is 184 Å². The number of aryl methyl sites for hydroxylation is 1. The monoisotopic (exact) mass is 432 g/mol. The second-order valence-electron chi connectivity index (χ2n) is 8.04. The summed E-state index contributed by atoms with van der Waals surface area (Å²) in [6.07, 6.45) is 6.23. The zero-order valence-electron chi connectivity index (χ0n) is 18.2. The Morgan fingerprint density at radius 1 is 1.34 bits per heavy atom. The van der Waals surface area contributed by atoms with Gasteiger partial charge in [-0.2, -0.15) is 5.10 Å². The van der Waals surface area contributed by atoms with E-state index in [0.717, 1.165) is 45.7 Å². The van der Waals surface area contributed by atoms with Gasteiger partial charge in [0.05, 0.1) is 23.5 Å². The van der Waals surface area contributed by atoms with Gasteiger partial charge in [0.25, 0.3) is 0 Å². The van der Waals surface area contributed by atoms with E-state index in [4.69, 9.17) is 14.5 Å². The van der Waals surface area contributed by atoms with Crippen LogP contribution < -0.4 is 5.32 Å². The minimum Gasteiger partial charge on any atom is -0.378 e. The predicted molar refractivity (Wildman–Crippen MR) is 120 cm³/mol. The Morgan fingerprint density at radius 3 is 2.91 bits per heavy atom. The molecule has 1 amide bonds. The Kier molecular flexibility index (Phi) is 4.99. The standard InChI is InChI=1S/C23H24N6O3/c1-14-8-20(23(31-3)5-7-32-13-23)27-22(9-14)29-12-17(18-4-6-25-28-18)16-11-24-21(10-19(16)29)26-15(2)30/h4,6,8-12H,5,7,13H2,1-3H3,(H,25,28)(H,24,26,30). The lowest BCUT2D eigenvalue weighted by molar-refractivity contribution is -0.114. The molecule has 2 N–H and O–H groups in total. The molecule has 4 aromatic heterocycles. The van der Waals surface area contributed by atoms with Crippen LogP contribution in [0.3, 0.4) is 0 Å². The molecule has 0 spiro atoms. The first kappa shape index (κ1) is 20.3. The summed E-state index contributed by atoms with van der Waals surface area (Å²) in [6.45, 7) is 4.62. The molecule has 0 bridgehead atoms. The third kappa shape index (κ3) is 3.45. The molecular weight excluding hydrogens is 408 g/mol. The van der Waals surface area contributed by atoms with Gasteiger partial charge < -0.3 is 19.4 Å². The van der Waals surface area contributed by atoms with Crippen molar-refractivity contribution in [2.45, 2.75) is 25.9 Å². The van der Waals surface area contributed by atoms with Crippen molar-refractivity contribution >= 4 is 22.6 Å². The summed E-state index contributed by atoms with van der Waals surface area (Å²) in [5, 5.41) is 10.8. The summed E-state index contributed by atoms with van der Waals surface area (Å²) < 4.78 is 13.5. The third-order valence-corrected chi connectivity index (χ3v) is 5.83. The molecule has 0 aliphatic carbocycles. The molecule has 0 aromatic carbocycles. The summed E-state index contributed by atoms with van der Waals surface area (Å²) in [5.41, 5.74) is 4.02. The van der Waals surface area contributed by atoms with E-state index in [1.54, 1.807) is 19.5 Å². The zero-order chi connectivity index (χ0) is 22.3. The van der Waals surface area contributed by atoms with Crippen molar-refractivity contribution < 1.29 is 14.3 Å². The molecule has 1 aliphatic rings. The first-order valence-electron chi connectivity index (χ1n) is 10.4. The lowest BCUT2D eigenvalue weighted by Crippen LogP contribution is -2.30. The molecular formula is C23H24N6O3. The number of rotatable bonds is 5. The highest BCUT2D eigenvalue weighted by atomic mass is 16.5. The molecule has 5 rings (SSSR count). The van der Waals surface area contributed by atoms with Gasteiger partial charge in [0.2, 0.25) is 5.91 Å². The van der Waals surface area contributed by atoms with E-state index < -0.39 is 5.60 Å². The van der Waals surface area contributed by atoms with Gasteiger partial charge in [0.1, 0.15) is 17.2 Å². The average molecular weight is 432 g/mol. The maximum atomic E-state index is 11.6. The number of anilines is 1. The van der Waals surface area contributed by atoms with Gasteiger partial charge in [0, 0.05) is 62.7 Å². The first-order valence-corrected chi connectivity index (χ1v) is 10.4. The molecule has 32 heavy (non-hydrogen) atoms. The van der Waals surface area contributed by atoms with E-state index in [9.17, 15) is 4.79 Å². The van der Waals surface area contributed by atoms with Crippen molar-refractivity contribution in [2.75, 3.05) is 25.6 Å². The van der Waals surface area contributed by atoms with E-state index in [1.165, 1.54) is 6.92 Å². The van der Waals surface area contributed by atoms with Crippen LogP contribution in [0.4, 0.5) is 5.82 Å². The fourth-order valence-corrected chi connectivity index (χ4v) is 4.20. The van der Waals surface area contributed by atoms with Crippen LogP contribution in [0.25, 0.3) is 28.0 Å². The first-order chi connectivity index (χ1) is 15.5. The van der Waals surface area contributed by atoms with Crippen LogP contribution in [-0.2, 0) is 19.9 Å². The Balaban J connectivity index is 1.72. The van der Waals surface area contributed by atoms with Gasteiger partial charge in [-0.05, 0) is 30.7 Å². The quantitative estimate of drug-likeness (QED) is 0.501. The van der Waals surface area contributed by atoms with Crippen molar-refractivity contribution in [2.24, 2.45) is 0 Å². The van der Waals surface area contributed by atoms with Gasteiger partial charge in [0.15, 0.2) is 0 Å². The van der Waals surface area contributed by atoms with E-state index >= 15 is 0 Å². The molecule has 0 radical (unpaired) electrons. The molecule has 9 heteroatoms. The number of amides is 1. The number of carbonyl (C=O) groups is 1. The van der Waals surface area contributed by atoms with Crippen LogP contribution in [-0.4, -0.2) is 51.0 Å². The Morgan fingerprint density at radius 2 is 2.22 bits per heavy atom. The lowest BCUT2D eigenvalue weighted by atomic mass is 9.97. The molecule has 164 valence electrons. The van der Waals surface area contributed by atoms with Crippen LogP contribution in [0.15, 0.2) is 42.9 Å². The topological polar surface area (TPSA) is 107 Å². The van der Waals surface area contributed by atoms with Gasteiger partial charge in [-0.3, -0.25) is 9.89 Å². The van der Waals surface area contributed by atoms with Gasteiger partial charge >= 0.3 is 0 Å². The average Bonchev–Trinajstić information content (AvgIpc) is 3.52. The molecule has 1 unspecified atom stereocenters. The number of pyridine rings is 2. The van der Waals surface area contributed by atoms with E-state index in [2.05, 4.69) is 20.5 Å². The molecule has 1 fully saturated rings. The number of aromatic amines is 1. The highest BCUT2D eigenvalue weighted by Crippen LogP contribution is 2.36. The summed E-state index contributed by atoms with van der Waals surface area (Å²) in [5.74, 6) is 1.05. The van der Waals surface area contributed by atoms with Crippen molar-refractivity contribution in [1.29, 1.82) is 0 Å². The van der Waals surface area contributed by atoms with Crippen LogP contribution in [0.5, 0.6) is 0 Å². The largest absolute Gasteiger partial charge is 0.378 e. The maximum Gasteiger partial charge on any atom is 0.222 e. The summed E-state index contributed by atoms with van der Waals surface area (Å²) in [7, 11) is 1.70. The smallest absolute Gasteiger partial charge is 0.222 e. The molecule has 1 saturated heterocycles. The molecule has 9 nitrogen and oxygen atoms in total. The maximum absolute atomic E-state index is 11.6. The number of aromatic nitrogens is 5. The normalized spacial score (nSPS) is 18.3. The highest BCUT2D eigenvalue weighted by Gasteiger charge is 2.38. The van der Waals surface area contributed by atoms with E-state index in [0.29, 0.717) is 19.0 Å². The minimum absolute atomic E-state index is 0.178. The zero-order valence-corrected chi connectivity index (χ0v) is 18.2. The lowest BCUT2D eigenvalue weighted by Gasteiger charge is -2.26. The Hall–Kier alpha value is -3.56. The number of nitrogens with one attached hydrogen (secondary N) is 2. The van der Waals surface area contributed by atoms with Gasteiger partial charge in [-0.25, -0.2) is 9.97 Å². The van der Waals surface area contributed by atoms with Crippen LogP contribution in [0, 0.1) is 6.92 Å². The van der Waals surface area contributed by atoms with Crippen LogP contribution >= 0.6 is 0 Å². The van der Waals surface area contributed by atoms with E-state index in [1.807, 2.05) is 42.0 Å². The summed E-state index contributed by atoms with van der Waals surface area (Å²) in [4.78, 5) is 21.0. The number of fused-ring (bicyclic) bond motifs is 1. The molecule has 1 aliphatic heterocycles. The highest BCUT2D eigenvalue weighted by molar-refractivity contribution is 5.98. The second-order valence-corrected chi connectivity index (χ2v) is 8.04. The second kappa shape index (κ2) is 7.85. The molecule has 1 atom stereocenters. The number of methoxy groups -OCH3 is 1. The van der Waals surface area contributed by atoms with Crippen molar-refractivity contribution in [3.05, 3.63) is 54.1 Å². The number of nitrogens with zero attached hydrogens (tertiary/aromatic N) is 4. The predicted octanol–water partition coefficient (Wildman–Crippen LogP) is 3.34. The fourth-order valence-electron chi connectivity index (χ4n) is 4.20.